The molecule has 0 aliphatic carbocycles. The Hall–Kier alpha value is -1.38. The molecule has 1 N–H and O–H groups in total. The van der Waals surface area contributed by atoms with Crippen molar-refractivity contribution in [3.8, 4) is 0 Å². The van der Waals surface area contributed by atoms with Crippen molar-refractivity contribution in [2.45, 2.75) is 19.4 Å². The molecule has 18 heavy (non-hydrogen) atoms. The summed E-state index contributed by atoms with van der Waals surface area (Å²) >= 11 is 5.92. The van der Waals surface area contributed by atoms with Gasteiger partial charge in [0, 0.05) is 29.4 Å². The van der Waals surface area contributed by atoms with Crippen LogP contribution in [0.2, 0.25) is 5.02 Å². The maximum absolute atomic E-state index is 5.92. The number of aromatic nitrogens is 1. The van der Waals surface area contributed by atoms with Crippen LogP contribution in [-0.4, -0.2) is 11.5 Å². The number of benzene rings is 1. The van der Waals surface area contributed by atoms with Crippen LogP contribution in [0.15, 0.2) is 48.7 Å². The first-order valence-corrected chi connectivity index (χ1v) is 6.56. The molecule has 2 rings (SSSR count). The van der Waals surface area contributed by atoms with E-state index >= 15 is 0 Å². The van der Waals surface area contributed by atoms with Gasteiger partial charge in [0.25, 0.3) is 0 Å². The fraction of sp³-hybridized carbons (Fsp3) is 0.267. The van der Waals surface area contributed by atoms with Crippen LogP contribution in [0, 0.1) is 0 Å². The van der Waals surface area contributed by atoms with E-state index in [9.17, 15) is 0 Å². The largest absolute Gasteiger partial charge is 0.310 e. The minimum Gasteiger partial charge on any atom is -0.310 e. The lowest BCUT2D eigenvalue weighted by Gasteiger charge is -2.18. The van der Waals surface area contributed by atoms with Crippen LogP contribution in [0.25, 0.3) is 0 Å². The average molecular weight is 261 g/mol. The van der Waals surface area contributed by atoms with Crippen molar-refractivity contribution in [1.29, 1.82) is 0 Å². The molecule has 0 saturated heterocycles. The molecule has 1 atom stereocenters. The molecular weight excluding hydrogens is 244 g/mol. The number of likely N-dealkylation sites (N-methyl/N-ethyl adjacent to an activating group) is 1. The van der Waals surface area contributed by atoms with Gasteiger partial charge in [-0.2, -0.15) is 0 Å². The number of hydrogen-bond donors (Lipinski definition) is 1. The summed E-state index contributed by atoms with van der Waals surface area (Å²) in [6.45, 7) is 3.04. The number of nitrogens with zero attached hydrogens (tertiary/aromatic N) is 1. The van der Waals surface area contributed by atoms with Gasteiger partial charge in [0.2, 0.25) is 0 Å². The van der Waals surface area contributed by atoms with Gasteiger partial charge >= 0.3 is 0 Å². The highest BCUT2D eigenvalue weighted by molar-refractivity contribution is 6.30. The Bertz CT molecular complexity index is 468. The third-order valence-electron chi connectivity index (χ3n) is 2.86. The molecule has 0 bridgehead atoms. The highest BCUT2D eigenvalue weighted by Gasteiger charge is 2.11. The van der Waals surface area contributed by atoms with E-state index in [2.05, 4.69) is 35.4 Å². The van der Waals surface area contributed by atoms with Crippen LogP contribution in [0.1, 0.15) is 24.2 Å². The molecule has 0 aliphatic rings. The summed E-state index contributed by atoms with van der Waals surface area (Å²) in [5.41, 5.74) is 2.34. The summed E-state index contributed by atoms with van der Waals surface area (Å²) in [4.78, 5) is 4.38. The van der Waals surface area contributed by atoms with Crippen molar-refractivity contribution in [3.63, 3.8) is 0 Å². The Morgan fingerprint density at radius 2 is 1.94 bits per heavy atom. The highest BCUT2D eigenvalue weighted by atomic mass is 35.5. The zero-order chi connectivity index (χ0) is 12.8. The predicted octanol–water partition coefficient (Wildman–Crippen LogP) is 3.63. The Labute approximate surface area is 113 Å². The van der Waals surface area contributed by atoms with Crippen molar-refractivity contribution in [1.82, 2.24) is 10.3 Å². The monoisotopic (exact) mass is 260 g/mol. The number of halogens is 1. The minimum atomic E-state index is 0.280. The van der Waals surface area contributed by atoms with Crippen molar-refractivity contribution in [3.05, 3.63) is 64.9 Å². The molecule has 2 nitrogen and oxygen atoms in total. The number of nitrogens with one attached hydrogen (secondary N) is 1. The first kappa shape index (κ1) is 13.1. The molecule has 0 fully saturated rings. The highest BCUT2D eigenvalue weighted by Crippen LogP contribution is 2.19. The van der Waals surface area contributed by atoms with E-state index in [0.717, 1.165) is 23.7 Å². The lowest BCUT2D eigenvalue weighted by Crippen LogP contribution is -2.23. The van der Waals surface area contributed by atoms with Crippen LogP contribution >= 0.6 is 11.6 Å². The summed E-state index contributed by atoms with van der Waals surface area (Å²) < 4.78 is 0. The molecule has 2 aromatic rings. The van der Waals surface area contributed by atoms with Crippen LogP contribution < -0.4 is 5.32 Å². The van der Waals surface area contributed by atoms with Crippen molar-refractivity contribution < 1.29 is 0 Å². The maximum Gasteiger partial charge on any atom is 0.0422 e. The Morgan fingerprint density at radius 3 is 2.56 bits per heavy atom. The SMILES string of the molecule is CCNC(Cc1ccccn1)c1ccc(Cl)cc1. The lowest BCUT2D eigenvalue weighted by molar-refractivity contribution is 0.544. The third kappa shape index (κ3) is 3.56. The normalized spacial score (nSPS) is 12.3. The zero-order valence-corrected chi connectivity index (χ0v) is 11.2. The Kier molecular flexibility index (Phi) is 4.73. The Balaban J connectivity index is 2.15. The van der Waals surface area contributed by atoms with E-state index in [1.54, 1.807) is 0 Å². The van der Waals surface area contributed by atoms with Gasteiger partial charge in [0.15, 0.2) is 0 Å². The van der Waals surface area contributed by atoms with Crippen LogP contribution in [-0.2, 0) is 6.42 Å². The summed E-state index contributed by atoms with van der Waals surface area (Å²) in [7, 11) is 0. The van der Waals surface area contributed by atoms with E-state index in [1.165, 1.54) is 5.56 Å². The lowest BCUT2D eigenvalue weighted by atomic mass is 10.0. The number of pyridine rings is 1. The summed E-state index contributed by atoms with van der Waals surface area (Å²) in [6.07, 6.45) is 2.72. The molecule has 0 amide bonds. The van der Waals surface area contributed by atoms with E-state index in [0.29, 0.717) is 0 Å². The van der Waals surface area contributed by atoms with E-state index in [1.807, 2.05) is 30.5 Å². The smallest absolute Gasteiger partial charge is 0.0422 e. The van der Waals surface area contributed by atoms with Crippen molar-refractivity contribution in [2.75, 3.05) is 6.54 Å². The van der Waals surface area contributed by atoms with Gasteiger partial charge in [0.05, 0.1) is 0 Å². The quantitative estimate of drug-likeness (QED) is 0.888. The van der Waals surface area contributed by atoms with Gasteiger partial charge in [-0.1, -0.05) is 36.7 Å². The number of hydrogen-bond acceptors (Lipinski definition) is 2. The van der Waals surface area contributed by atoms with E-state index < -0.39 is 0 Å². The van der Waals surface area contributed by atoms with Crippen molar-refractivity contribution >= 4 is 11.6 Å². The zero-order valence-electron chi connectivity index (χ0n) is 10.4. The third-order valence-corrected chi connectivity index (χ3v) is 3.11. The Morgan fingerprint density at radius 1 is 1.17 bits per heavy atom. The summed E-state index contributed by atoms with van der Waals surface area (Å²) in [5.74, 6) is 0. The molecule has 1 unspecified atom stereocenters. The topological polar surface area (TPSA) is 24.9 Å². The molecule has 0 radical (unpaired) electrons. The first-order chi connectivity index (χ1) is 8.79. The molecule has 1 heterocycles. The van der Waals surface area contributed by atoms with Crippen LogP contribution in [0.5, 0.6) is 0 Å². The van der Waals surface area contributed by atoms with E-state index in [-0.39, 0.29) is 6.04 Å². The fourth-order valence-corrected chi connectivity index (χ4v) is 2.10. The summed E-state index contributed by atoms with van der Waals surface area (Å²) in [6, 6.07) is 14.3. The molecule has 0 spiro atoms. The van der Waals surface area contributed by atoms with Crippen molar-refractivity contribution in [2.24, 2.45) is 0 Å². The molecule has 3 heteroatoms. The van der Waals surface area contributed by atoms with Gasteiger partial charge in [-0.3, -0.25) is 4.98 Å². The fourth-order valence-electron chi connectivity index (χ4n) is 1.98. The van der Waals surface area contributed by atoms with Gasteiger partial charge in [-0.15, -0.1) is 0 Å². The molecule has 1 aromatic carbocycles. The van der Waals surface area contributed by atoms with E-state index in [4.69, 9.17) is 11.6 Å². The minimum absolute atomic E-state index is 0.280. The van der Waals surface area contributed by atoms with Gasteiger partial charge in [-0.25, -0.2) is 0 Å². The predicted molar refractivity (Wildman–Crippen MR) is 75.8 cm³/mol. The van der Waals surface area contributed by atoms with Gasteiger partial charge < -0.3 is 5.32 Å². The molecule has 94 valence electrons. The van der Waals surface area contributed by atoms with Gasteiger partial charge in [0.1, 0.15) is 0 Å². The maximum atomic E-state index is 5.92. The first-order valence-electron chi connectivity index (χ1n) is 6.18. The second kappa shape index (κ2) is 6.53. The van der Waals surface area contributed by atoms with Crippen LogP contribution in [0.4, 0.5) is 0 Å². The molecule has 0 aliphatic heterocycles. The molecule has 0 saturated carbocycles. The molecule has 1 aromatic heterocycles. The standard InChI is InChI=1S/C15H17ClN2/c1-2-17-15(11-14-5-3-4-10-18-14)12-6-8-13(16)9-7-12/h3-10,15,17H,2,11H2,1H3. The molecular formula is C15H17ClN2. The summed E-state index contributed by atoms with van der Waals surface area (Å²) in [5, 5.41) is 4.25. The number of rotatable bonds is 5. The second-order valence-electron chi connectivity index (χ2n) is 4.19. The average Bonchev–Trinajstić information content (AvgIpc) is 2.40. The second-order valence-corrected chi connectivity index (χ2v) is 4.62. The van der Waals surface area contributed by atoms with Crippen LogP contribution in [0.3, 0.4) is 0 Å². The van der Waals surface area contributed by atoms with Gasteiger partial charge in [-0.05, 0) is 36.4 Å².